The molecule has 7 nitrogen and oxygen atoms in total. The second kappa shape index (κ2) is 6.47. The van der Waals surface area contributed by atoms with E-state index in [9.17, 15) is 13.6 Å². The summed E-state index contributed by atoms with van der Waals surface area (Å²) in [4.78, 5) is 24.8. The first-order valence-corrected chi connectivity index (χ1v) is 10.1. The molecule has 2 aliphatic rings. The Morgan fingerprint density at radius 2 is 1.86 bits per heavy atom. The lowest BCUT2D eigenvalue weighted by molar-refractivity contribution is -0.0446. The van der Waals surface area contributed by atoms with Crippen molar-refractivity contribution in [2.24, 2.45) is 0 Å². The molecule has 0 radical (unpaired) electrons. The van der Waals surface area contributed by atoms with Crippen LogP contribution in [0.1, 0.15) is 79.6 Å². The maximum absolute atomic E-state index is 13.5. The van der Waals surface area contributed by atoms with E-state index in [1.807, 2.05) is 13.8 Å². The molecule has 0 bridgehead atoms. The van der Waals surface area contributed by atoms with E-state index in [0.717, 1.165) is 24.3 Å². The monoisotopic (exact) mass is 403 g/mol. The molecule has 3 aromatic rings. The van der Waals surface area contributed by atoms with E-state index in [-0.39, 0.29) is 36.3 Å². The van der Waals surface area contributed by atoms with Crippen molar-refractivity contribution >= 4 is 11.0 Å². The van der Waals surface area contributed by atoms with Crippen molar-refractivity contribution in [2.45, 2.75) is 76.2 Å². The van der Waals surface area contributed by atoms with E-state index in [1.54, 1.807) is 4.68 Å². The number of halogens is 2. The average molecular weight is 403 g/mol. The molecule has 2 saturated carbocycles. The van der Waals surface area contributed by atoms with Crippen LogP contribution in [0.15, 0.2) is 15.4 Å². The molecule has 2 aliphatic carbocycles. The number of hydrogen-bond donors (Lipinski definition) is 1. The highest BCUT2D eigenvalue weighted by Gasteiger charge is 2.40. The molecule has 0 spiro atoms. The summed E-state index contributed by atoms with van der Waals surface area (Å²) in [6.45, 7) is 3.80. The topological polar surface area (TPSA) is 89.6 Å². The number of H-pyrrole nitrogens is 1. The van der Waals surface area contributed by atoms with Gasteiger partial charge >= 0.3 is 0 Å². The standard InChI is InChI=1S/C20H23F2N5O2/c1-10-11(2)29-19(24-10)14-4-3-13(14)16-25-17-15(18(28)26-16)9-23-27(17)12-5-7-20(21,22)8-6-12/h9,12-14H,3-8H2,1-2H3,(H,25,26,28)/t13-,14-/m1/s1. The highest BCUT2D eigenvalue weighted by molar-refractivity contribution is 5.73. The third-order valence-corrected chi connectivity index (χ3v) is 6.50. The summed E-state index contributed by atoms with van der Waals surface area (Å²) in [5.74, 6) is -0.440. The Bertz CT molecular complexity index is 1100. The van der Waals surface area contributed by atoms with Gasteiger partial charge in [0.05, 0.1) is 17.9 Å². The van der Waals surface area contributed by atoms with Crippen molar-refractivity contribution < 1.29 is 13.2 Å². The minimum atomic E-state index is -2.61. The van der Waals surface area contributed by atoms with Gasteiger partial charge in [0, 0.05) is 24.7 Å². The number of alkyl halides is 2. The summed E-state index contributed by atoms with van der Waals surface area (Å²) in [5, 5.41) is 4.72. The maximum atomic E-state index is 13.5. The van der Waals surface area contributed by atoms with Crippen LogP contribution in [0.25, 0.3) is 11.0 Å². The number of nitrogens with zero attached hydrogens (tertiary/aromatic N) is 4. The minimum Gasteiger partial charge on any atom is -0.445 e. The van der Waals surface area contributed by atoms with Gasteiger partial charge in [-0.15, -0.1) is 0 Å². The fraction of sp³-hybridized carbons (Fsp3) is 0.600. The van der Waals surface area contributed by atoms with Gasteiger partial charge in [0.1, 0.15) is 17.0 Å². The lowest BCUT2D eigenvalue weighted by Gasteiger charge is -2.33. The normalized spacial score (nSPS) is 24.7. The molecule has 0 saturated heterocycles. The number of hydrogen-bond acceptors (Lipinski definition) is 5. The Labute approximate surface area is 165 Å². The molecule has 9 heteroatoms. The Hall–Kier alpha value is -2.58. The molecule has 5 rings (SSSR count). The second-order valence-corrected chi connectivity index (χ2v) is 8.35. The zero-order chi connectivity index (χ0) is 20.3. The Morgan fingerprint density at radius 1 is 1.14 bits per heavy atom. The SMILES string of the molecule is Cc1nc([C@@H]2CC[C@H]2c2nc3c(cnn3C3CCC(F)(F)CC3)c(=O)[nH]2)oc1C. The molecule has 2 fully saturated rings. The van der Waals surface area contributed by atoms with Crippen LogP contribution in [-0.2, 0) is 0 Å². The van der Waals surface area contributed by atoms with Crippen LogP contribution in [0.2, 0.25) is 0 Å². The van der Waals surface area contributed by atoms with Crippen LogP contribution in [0.5, 0.6) is 0 Å². The third kappa shape index (κ3) is 3.07. The van der Waals surface area contributed by atoms with Crippen molar-refractivity contribution in [3.05, 3.63) is 39.7 Å². The zero-order valence-corrected chi connectivity index (χ0v) is 16.4. The maximum Gasteiger partial charge on any atom is 0.262 e. The number of rotatable bonds is 3. The summed E-state index contributed by atoms with van der Waals surface area (Å²) < 4.78 is 34.5. The molecule has 0 aromatic carbocycles. The lowest BCUT2D eigenvalue weighted by atomic mass is 9.73. The van der Waals surface area contributed by atoms with E-state index < -0.39 is 5.92 Å². The summed E-state index contributed by atoms with van der Waals surface area (Å²) in [5.41, 5.74) is 1.10. The first kappa shape index (κ1) is 18.4. The van der Waals surface area contributed by atoms with Crippen LogP contribution in [-0.4, -0.2) is 30.7 Å². The molecule has 2 atom stereocenters. The number of nitrogens with one attached hydrogen (secondary N) is 1. The van der Waals surface area contributed by atoms with Gasteiger partial charge in [-0.1, -0.05) is 0 Å². The number of fused-ring (bicyclic) bond motifs is 1. The van der Waals surface area contributed by atoms with E-state index in [0.29, 0.717) is 35.6 Å². The van der Waals surface area contributed by atoms with Gasteiger partial charge in [-0.25, -0.2) is 23.4 Å². The van der Waals surface area contributed by atoms with Crippen LogP contribution in [0.4, 0.5) is 8.78 Å². The Balaban J connectivity index is 1.49. The molecule has 0 aliphatic heterocycles. The molecular weight excluding hydrogens is 380 g/mol. The van der Waals surface area contributed by atoms with Crippen LogP contribution >= 0.6 is 0 Å². The van der Waals surface area contributed by atoms with Gasteiger partial charge < -0.3 is 9.40 Å². The van der Waals surface area contributed by atoms with Crippen molar-refractivity contribution in [3.8, 4) is 0 Å². The van der Waals surface area contributed by atoms with E-state index in [2.05, 4.69) is 15.1 Å². The van der Waals surface area contributed by atoms with Gasteiger partial charge in [0.2, 0.25) is 5.92 Å². The first-order chi connectivity index (χ1) is 13.8. The minimum absolute atomic E-state index is 0.0172. The lowest BCUT2D eigenvalue weighted by Crippen LogP contribution is -2.28. The summed E-state index contributed by atoms with van der Waals surface area (Å²) in [7, 11) is 0. The smallest absolute Gasteiger partial charge is 0.262 e. The molecule has 154 valence electrons. The predicted octanol–water partition coefficient (Wildman–Crippen LogP) is 4.14. The Morgan fingerprint density at radius 3 is 2.48 bits per heavy atom. The number of aromatic nitrogens is 5. The van der Waals surface area contributed by atoms with Crippen molar-refractivity contribution in [2.75, 3.05) is 0 Å². The van der Waals surface area contributed by atoms with Gasteiger partial charge in [0.25, 0.3) is 5.56 Å². The van der Waals surface area contributed by atoms with E-state index in [1.165, 1.54) is 6.20 Å². The summed E-state index contributed by atoms with van der Waals surface area (Å²) in [6, 6.07) is -0.163. The molecule has 3 heterocycles. The molecule has 29 heavy (non-hydrogen) atoms. The van der Waals surface area contributed by atoms with Crippen LogP contribution < -0.4 is 5.56 Å². The third-order valence-electron chi connectivity index (χ3n) is 6.50. The van der Waals surface area contributed by atoms with Crippen LogP contribution in [0, 0.1) is 13.8 Å². The van der Waals surface area contributed by atoms with Gasteiger partial charge in [0.15, 0.2) is 11.5 Å². The van der Waals surface area contributed by atoms with Gasteiger partial charge in [-0.05, 0) is 39.5 Å². The zero-order valence-electron chi connectivity index (χ0n) is 16.4. The van der Waals surface area contributed by atoms with E-state index >= 15 is 0 Å². The highest BCUT2D eigenvalue weighted by Crippen LogP contribution is 2.48. The summed E-state index contributed by atoms with van der Waals surface area (Å²) in [6.07, 6.45) is 3.61. The van der Waals surface area contributed by atoms with Crippen LogP contribution in [0.3, 0.4) is 0 Å². The largest absolute Gasteiger partial charge is 0.445 e. The number of aryl methyl sites for hydroxylation is 2. The molecule has 0 amide bonds. The predicted molar refractivity (Wildman–Crippen MR) is 101 cm³/mol. The second-order valence-electron chi connectivity index (χ2n) is 8.35. The van der Waals surface area contributed by atoms with Crippen molar-refractivity contribution in [1.29, 1.82) is 0 Å². The molecule has 3 aromatic heterocycles. The highest BCUT2D eigenvalue weighted by atomic mass is 19.3. The number of aromatic amines is 1. The Kier molecular flexibility index (Phi) is 4.11. The van der Waals surface area contributed by atoms with E-state index in [4.69, 9.17) is 9.40 Å². The molecule has 1 N–H and O–H groups in total. The molecular formula is C20H23F2N5O2. The van der Waals surface area contributed by atoms with Gasteiger partial charge in [-0.2, -0.15) is 5.10 Å². The fourth-order valence-corrected chi connectivity index (χ4v) is 4.44. The molecule has 0 unspecified atom stereocenters. The fourth-order valence-electron chi connectivity index (χ4n) is 4.44. The average Bonchev–Trinajstić information content (AvgIpc) is 3.18. The van der Waals surface area contributed by atoms with Gasteiger partial charge in [-0.3, -0.25) is 4.79 Å². The first-order valence-electron chi connectivity index (χ1n) is 10.1. The quantitative estimate of drug-likeness (QED) is 0.710. The summed E-state index contributed by atoms with van der Waals surface area (Å²) >= 11 is 0. The van der Waals surface area contributed by atoms with Crippen molar-refractivity contribution in [3.63, 3.8) is 0 Å². The number of oxazole rings is 1. The van der Waals surface area contributed by atoms with Crippen molar-refractivity contribution in [1.82, 2.24) is 24.7 Å².